The number of hydrogen-bond donors (Lipinski definition) is 2. The van der Waals surface area contributed by atoms with E-state index in [0.717, 1.165) is 57.8 Å². The third kappa shape index (κ3) is 17.9. The number of amides is 2. The van der Waals surface area contributed by atoms with E-state index in [9.17, 15) is 9.59 Å². The van der Waals surface area contributed by atoms with Gasteiger partial charge in [-0.05, 0) is 37.5 Å². The molecular weight excluding hydrogens is 516 g/mol. The van der Waals surface area contributed by atoms with Crippen LogP contribution in [0.1, 0.15) is 220 Å². The average molecular weight is 593 g/mol. The van der Waals surface area contributed by atoms with E-state index in [1.807, 2.05) is 0 Å². The Labute approximate surface area is 263 Å². The summed E-state index contributed by atoms with van der Waals surface area (Å²) in [6.45, 7) is 9.05. The second-order valence-electron chi connectivity index (χ2n) is 13.8. The van der Waals surface area contributed by atoms with Crippen LogP contribution in [0.15, 0.2) is 0 Å². The van der Waals surface area contributed by atoms with Crippen LogP contribution in [0.3, 0.4) is 0 Å². The summed E-state index contributed by atoms with van der Waals surface area (Å²) in [6.07, 6.45) is 34.3. The van der Waals surface area contributed by atoms with E-state index in [-0.39, 0.29) is 17.2 Å². The number of unbranched alkanes of at least 4 members (excludes halogenated alkanes) is 20. The van der Waals surface area contributed by atoms with Gasteiger partial charge in [-0.3, -0.25) is 9.59 Å². The Morgan fingerprint density at radius 1 is 0.405 bits per heavy atom. The molecule has 0 aliphatic carbocycles. The molecule has 2 amide bonds. The highest BCUT2D eigenvalue weighted by Crippen LogP contribution is 2.56. The predicted octanol–water partition coefficient (Wildman–Crippen LogP) is 11.7. The van der Waals surface area contributed by atoms with Crippen molar-refractivity contribution in [3.05, 3.63) is 0 Å². The Morgan fingerprint density at radius 2 is 0.690 bits per heavy atom. The first-order chi connectivity index (χ1) is 20.4. The lowest BCUT2D eigenvalue weighted by Crippen LogP contribution is -2.51. The standard InChI is InChI=1S/C38H76N2O2/c1-5-9-13-17-21-25-30-37(34-29-35(39)41,31-26-22-18-14-10-6-2)38(36(40)42,32-27-23-19-15-11-7-3)33-28-24-20-16-12-8-4/h5-34H2,1-4H3,(H2,39,41)(H2,40,42). The zero-order valence-electron chi connectivity index (χ0n) is 29.2. The van der Waals surface area contributed by atoms with Crippen molar-refractivity contribution in [3.63, 3.8) is 0 Å². The molecule has 0 aliphatic rings. The van der Waals surface area contributed by atoms with Crippen molar-refractivity contribution in [2.24, 2.45) is 22.3 Å². The van der Waals surface area contributed by atoms with Crippen LogP contribution in [0.2, 0.25) is 0 Å². The smallest absolute Gasteiger partial charge is 0.224 e. The SMILES string of the molecule is CCCCCCCCC(CCCCCCCC)(CCC(N)=O)C(CCCCCCCC)(CCCCCCCC)C(N)=O. The zero-order chi connectivity index (χ0) is 31.4. The molecule has 250 valence electrons. The molecule has 0 saturated heterocycles. The van der Waals surface area contributed by atoms with Crippen LogP contribution >= 0.6 is 0 Å². The third-order valence-corrected chi connectivity index (χ3v) is 10.3. The fourth-order valence-electron chi connectivity index (χ4n) is 7.52. The summed E-state index contributed by atoms with van der Waals surface area (Å²) < 4.78 is 0. The summed E-state index contributed by atoms with van der Waals surface area (Å²) in [6, 6.07) is 0. The van der Waals surface area contributed by atoms with E-state index in [1.165, 1.54) is 128 Å². The molecule has 0 rings (SSSR count). The van der Waals surface area contributed by atoms with E-state index >= 15 is 0 Å². The number of rotatable bonds is 33. The monoisotopic (exact) mass is 593 g/mol. The minimum absolute atomic E-state index is 0.0916. The molecule has 0 unspecified atom stereocenters. The predicted molar refractivity (Wildman–Crippen MR) is 184 cm³/mol. The van der Waals surface area contributed by atoms with Crippen LogP contribution in [0.25, 0.3) is 0 Å². The number of carbonyl (C=O) groups excluding carboxylic acids is 2. The van der Waals surface area contributed by atoms with Gasteiger partial charge in [0.1, 0.15) is 0 Å². The van der Waals surface area contributed by atoms with Crippen molar-refractivity contribution in [3.8, 4) is 0 Å². The second kappa shape index (κ2) is 27.5. The van der Waals surface area contributed by atoms with Crippen LogP contribution < -0.4 is 11.5 Å². The van der Waals surface area contributed by atoms with Crippen LogP contribution in [-0.2, 0) is 9.59 Å². The largest absolute Gasteiger partial charge is 0.370 e. The van der Waals surface area contributed by atoms with E-state index < -0.39 is 5.41 Å². The van der Waals surface area contributed by atoms with Gasteiger partial charge in [0, 0.05) is 6.42 Å². The van der Waals surface area contributed by atoms with Gasteiger partial charge < -0.3 is 11.5 Å². The molecule has 4 N–H and O–H groups in total. The Balaban J connectivity index is 6.20. The summed E-state index contributed by atoms with van der Waals surface area (Å²) in [7, 11) is 0. The Morgan fingerprint density at radius 3 is 0.976 bits per heavy atom. The van der Waals surface area contributed by atoms with Crippen molar-refractivity contribution in [2.45, 2.75) is 220 Å². The molecule has 0 spiro atoms. The maximum atomic E-state index is 13.9. The van der Waals surface area contributed by atoms with Crippen molar-refractivity contribution < 1.29 is 9.59 Å². The molecule has 0 bridgehead atoms. The van der Waals surface area contributed by atoms with Gasteiger partial charge >= 0.3 is 0 Å². The Hall–Kier alpha value is -1.06. The van der Waals surface area contributed by atoms with Gasteiger partial charge in [0.15, 0.2) is 0 Å². The molecule has 0 heterocycles. The first kappa shape index (κ1) is 40.9. The molecule has 0 aromatic carbocycles. The Bertz CT molecular complexity index is 601. The third-order valence-electron chi connectivity index (χ3n) is 10.3. The fraction of sp³-hybridized carbons (Fsp3) is 0.947. The fourth-order valence-corrected chi connectivity index (χ4v) is 7.52. The summed E-state index contributed by atoms with van der Waals surface area (Å²) >= 11 is 0. The minimum Gasteiger partial charge on any atom is -0.370 e. The number of hydrogen-bond acceptors (Lipinski definition) is 2. The van der Waals surface area contributed by atoms with Crippen LogP contribution in [-0.4, -0.2) is 11.8 Å². The molecule has 0 fully saturated rings. The summed E-state index contributed by atoms with van der Waals surface area (Å²) in [5, 5.41) is 0. The summed E-state index contributed by atoms with van der Waals surface area (Å²) in [5.74, 6) is -0.325. The molecule has 0 aliphatic heterocycles. The summed E-state index contributed by atoms with van der Waals surface area (Å²) in [4.78, 5) is 26.2. The van der Waals surface area contributed by atoms with Gasteiger partial charge in [-0.2, -0.15) is 0 Å². The first-order valence-corrected chi connectivity index (χ1v) is 18.9. The topological polar surface area (TPSA) is 86.2 Å². The molecule has 42 heavy (non-hydrogen) atoms. The second-order valence-corrected chi connectivity index (χ2v) is 13.8. The minimum atomic E-state index is -0.537. The van der Waals surface area contributed by atoms with Crippen molar-refractivity contribution in [1.29, 1.82) is 0 Å². The molecule has 4 nitrogen and oxygen atoms in total. The molecular formula is C38H76N2O2. The van der Waals surface area contributed by atoms with Crippen molar-refractivity contribution in [1.82, 2.24) is 0 Å². The summed E-state index contributed by atoms with van der Waals surface area (Å²) in [5.41, 5.74) is 11.6. The van der Waals surface area contributed by atoms with Gasteiger partial charge in [0.25, 0.3) is 0 Å². The molecule has 0 aromatic heterocycles. The number of nitrogens with two attached hydrogens (primary N) is 2. The van der Waals surface area contributed by atoms with Crippen molar-refractivity contribution in [2.75, 3.05) is 0 Å². The lowest BCUT2D eigenvalue weighted by atomic mass is 9.52. The first-order valence-electron chi connectivity index (χ1n) is 18.9. The number of primary amides is 2. The number of carbonyl (C=O) groups is 2. The highest BCUT2D eigenvalue weighted by molar-refractivity contribution is 5.82. The lowest BCUT2D eigenvalue weighted by molar-refractivity contribution is -0.142. The van der Waals surface area contributed by atoms with E-state index in [2.05, 4.69) is 27.7 Å². The van der Waals surface area contributed by atoms with Crippen LogP contribution in [0.5, 0.6) is 0 Å². The maximum absolute atomic E-state index is 13.9. The van der Waals surface area contributed by atoms with Crippen LogP contribution in [0, 0.1) is 10.8 Å². The van der Waals surface area contributed by atoms with Gasteiger partial charge in [-0.25, -0.2) is 0 Å². The van der Waals surface area contributed by atoms with Gasteiger partial charge in [0.05, 0.1) is 5.41 Å². The van der Waals surface area contributed by atoms with Crippen LogP contribution in [0.4, 0.5) is 0 Å². The van der Waals surface area contributed by atoms with Gasteiger partial charge in [-0.15, -0.1) is 0 Å². The highest BCUT2D eigenvalue weighted by atomic mass is 16.1. The van der Waals surface area contributed by atoms with Crippen molar-refractivity contribution >= 4 is 11.8 Å². The molecule has 0 saturated carbocycles. The quantitative estimate of drug-likeness (QED) is 0.0742. The average Bonchev–Trinajstić information content (AvgIpc) is 2.97. The zero-order valence-corrected chi connectivity index (χ0v) is 29.2. The Kier molecular flexibility index (Phi) is 26.8. The molecule has 0 atom stereocenters. The van der Waals surface area contributed by atoms with E-state index in [4.69, 9.17) is 11.5 Å². The van der Waals surface area contributed by atoms with E-state index in [1.54, 1.807) is 0 Å². The van der Waals surface area contributed by atoms with E-state index in [0.29, 0.717) is 6.42 Å². The molecule has 0 aromatic rings. The lowest BCUT2D eigenvalue weighted by Gasteiger charge is -2.50. The molecule has 4 heteroatoms. The normalized spacial score (nSPS) is 12.2. The van der Waals surface area contributed by atoms with Gasteiger partial charge in [0.2, 0.25) is 11.8 Å². The maximum Gasteiger partial charge on any atom is 0.224 e. The molecule has 0 radical (unpaired) electrons. The highest BCUT2D eigenvalue weighted by Gasteiger charge is 2.53. The van der Waals surface area contributed by atoms with Gasteiger partial charge in [-0.1, -0.05) is 182 Å².